The predicted octanol–water partition coefficient (Wildman–Crippen LogP) is -0.625. The van der Waals surface area contributed by atoms with Crippen molar-refractivity contribution in [3.63, 3.8) is 0 Å². The molecular weight excluding hydrogens is 228 g/mol. The summed E-state index contributed by atoms with van der Waals surface area (Å²) >= 11 is 0. The Kier molecular flexibility index (Phi) is 7.97. The van der Waals surface area contributed by atoms with Crippen molar-refractivity contribution in [3.05, 3.63) is 0 Å². The van der Waals surface area contributed by atoms with Crippen molar-refractivity contribution >= 4 is 17.6 Å². The van der Waals surface area contributed by atoms with Gasteiger partial charge in [-0.3, -0.25) is 10.1 Å². The quantitative estimate of drug-likeness (QED) is 0.366. The highest BCUT2D eigenvalue weighted by molar-refractivity contribution is 6.46. The Hall–Kier alpha value is -2.14. The van der Waals surface area contributed by atoms with E-state index in [1.807, 2.05) is 5.32 Å². The second-order valence-corrected chi connectivity index (χ2v) is 2.79. The van der Waals surface area contributed by atoms with Gasteiger partial charge in [-0.15, -0.1) is 0 Å². The number of hydrogen-bond acceptors (Lipinski definition) is 6. The zero-order chi connectivity index (χ0) is 13.1. The van der Waals surface area contributed by atoms with E-state index in [0.29, 0.717) is 19.6 Å². The van der Waals surface area contributed by atoms with Gasteiger partial charge in [-0.2, -0.15) is 5.26 Å². The maximum Gasteiger partial charge on any atom is 0.321 e. The molecule has 0 saturated heterocycles. The molecule has 0 aromatic rings. The van der Waals surface area contributed by atoms with E-state index in [4.69, 9.17) is 10.00 Å². The summed E-state index contributed by atoms with van der Waals surface area (Å²) in [4.78, 5) is 26.7. The lowest BCUT2D eigenvalue weighted by molar-refractivity contribution is -0.113. The van der Waals surface area contributed by atoms with E-state index in [1.54, 1.807) is 7.11 Å². The van der Waals surface area contributed by atoms with E-state index in [-0.39, 0.29) is 0 Å². The highest BCUT2D eigenvalue weighted by Gasteiger charge is 2.14. The van der Waals surface area contributed by atoms with Gasteiger partial charge in [-0.25, -0.2) is 4.79 Å². The molecule has 3 amide bonds. The van der Waals surface area contributed by atoms with Crippen molar-refractivity contribution in [3.8, 4) is 6.07 Å². The van der Waals surface area contributed by atoms with Crippen molar-refractivity contribution in [2.24, 2.45) is 5.16 Å². The van der Waals surface area contributed by atoms with Gasteiger partial charge in [0.2, 0.25) is 5.71 Å². The number of rotatable bonds is 6. The van der Waals surface area contributed by atoms with Crippen molar-refractivity contribution in [2.75, 3.05) is 27.4 Å². The Morgan fingerprint density at radius 3 is 2.65 bits per heavy atom. The zero-order valence-corrected chi connectivity index (χ0v) is 9.65. The first-order valence-electron chi connectivity index (χ1n) is 4.75. The van der Waals surface area contributed by atoms with Crippen LogP contribution in [0.5, 0.6) is 0 Å². The number of oxime groups is 1. The van der Waals surface area contributed by atoms with Crippen LogP contribution < -0.4 is 10.6 Å². The lowest BCUT2D eigenvalue weighted by atomic mass is 10.4. The van der Waals surface area contributed by atoms with Gasteiger partial charge in [-0.05, 0) is 6.42 Å². The first-order chi connectivity index (χ1) is 8.15. The minimum Gasteiger partial charge on any atom is -0.398 e. The third-order valence-corrected chi connectivity index (χ3v) is 1.54. The Morgan fingerprint density at radius 1 is 1.41 bits per heavy atom. The van der Waals surface area contributed by atoms with E-state index in [2.05, 4.69) is 15.3 Å². The van der Waals surface area contributed by atoms with Gasteiger partial charge in [0, 0.05) is 20.3 Å². The molecule has 8 nitrogen and oxygen atoms in total. The topological polar surface area (TPSA) is 113 Å². The molecule has 0 spiro atoms. The van der Waals surface area contributed by atoms with Crippen LogP contribution in [-0.4, -0.2) is 45.0 Å². The number of imide groups is 1. The number of carbonyl (C=O) groups is 2. The molecule has 0 radical (unpaired) electrons. The van der Waals surface area contributed by atoms with Crippen LogP contribution in [0, 0.1) is 11.3 Å². The van der Waals surface area contributed by atoms with Crippen LogP contribution in [0.25, 0.3) is 0 Å². The van der Waals surface area contributed by atoms with E-state index in [1.165, 1.54) is 13.2 Å². The van der Waals surface area contributed by atoms with Gasteiger partial charge in [0.15, 0.2) is 0 Å². The summed E-state index contributed by atoms with van der Waals surface area (Å²) in [6.45, 7) is 0.860. The number of nitrogens with zero attached hydrogens (tertiary/aromatic N) is 2. The van der Waals surface area contributed by atoms with Gasteiger partial charge in [0.05, 0.1) is 0 Å². The smallest absolute Gasteiger partial charge is 0.321 e. The molecule has 94 valence electrons. The molecule has 0 rings (SSSR count). The Labute approximate surface area is 98.6 Å². The molecule has 17 heavy (non-hydrogen) atoms. The number of nitriles is 1. The summed E-state index contributed by atoms with van der Waals surface area (Å²) in [5.74, 6) is -0.918. The van der Waals surface area contributed by atoms with E-state index in [9.17, 15) is 9.59 Å². The van der Waals surface area contributed by atoms with Crippen LogP contribution in [0.1, 0.15) is 6.42 Å². The molecule has 2 N–H and O–H groups in total. The number of carbonyl (C=O) groups excluding carboxylic acids is 2. The maximum absolute atomic E-state index is 11.2. The summed E-state index contributed by atoms with van der Waals surface area (Å²) in [7, 11) is 2.74. The predicted molar refractivity (Wildman–Crippen MR) is 58.1 cm³/mol. The summed E-state index contributed by atoms with van der Waals surface area (Å²) in [6.07, 6.45) is 0.620. The first kappa shape index (κ1) is 14.9. The maximum atomic E-state index is 11.2. The molecule has 0 fully saturated rings. The highest BCUT2D eigenvalue weighted by Crippen LogP contribution is 1.81. The summed E-state index contributed by atoms with van der Waals surface area (Å²) in [5, 5.41) is 16.0. The van der Waals surface area contributed by atoms with Crippen molar-refractivity contribution < 1.29 is 19.2 Å². The number of hydrogen-bond donors (Lipinski definition) is 2. The van der Waals surface area contributed by atoms with Crippen LogP contribution in [-0.2, 0) is 14.4 Å². The zero-order valence-electron chi connectivity index (χ0n) is 9.65. The first-order valence-corrected chi connectivity index (χ1v) is 4.75. The van der Waals surface area contributed by atoms with E-state index >= 15 is 0 Å². The Balaban J connectivity index is 4.00. The lowest BCUT2D eigenvalue weighted by Gasteiger charge is -2.04. The number of urea groups is 1. The van der Waals surface area contributed by atoms with Gasteiger partial charge in [0.25, 0.3) is 5.91 Å². The van der Waals surface area contributed by atoms with E-state index < -0.39 is 17.6 Å². The average Bonchev–Trinajstić information content (AvgIpc) is 2.31. The molecule has 0 aromatic heterocycles. The molecular formula is C9H14N4O4. The molecule has 0 aliphatic carbocycles. The Morgan fingerprint density at radius 2 is 2.12 bits per heavy atom. The van der Waals surface area contributed by atoms with Crippen LogP contribution in [0.2, 0.25) is 0 Å². The summed E-state index contributed by atoms with van der Waals surface area (Å²) < 4.78 is 4.77. The normalized spacial score (nSPS) is 10.3. The van der Waals surface area contributed by atoms with E-state index in [0.717, 1.165) is 0 Å². The molecule has 8 heteroatoms. The number of methoxy groups -OCH3 is 1. The van der Waals surface area contributed by atoms with Gasteiger partial charge in [-0.1, -0.05) is 5.16 Å². The lowest BCUT2D eigenvalue weighted by Crippen LogP contribution is -2.42. The molecule has 0 bridgehead atoms. The Bertz CT molecular complexity index is 334. The van der Waals surface area contributed by atoms with Crippen molar-refractivity contribution in [1.29, 1.82) is 5.26 Å². The second-order valence-electron chi connectivity index (χ2n) is 2.79. The number of amides is 3. The fourth-order valence-corrected chi connectivity index (χ4v) is 0.829. The number of ether oxygens (including phenoxy) is 1. The van der Waals surface area contributed by atoms with Gasteiger partial charge < -0.3 is 14.9 Å². The second kappa shape index (κ2) is 9.11. The fourth-order valence-electron chi connectivity index (χ4n) is 0.829. The van der Waals surface area contributed by atoms with Gasteiger partial charge >= 0.3 is 6.03 Å². The van der Waals surface area contributed by atoms with Crippen molar-refractivity contribution in [2.45, 2.75) is 6.42 Å². The van der Waals surface area contributed by atoms with Crippen LogP contribution in [0.3, 0.4) is 0 Å². The molecule has 0 atom stereocenters. The third-order valence-electron chi connectivity index (χ3n) is 1.54. The fraction of sp³-hybridized carbons (Fsp3) is 0.556. The third kappa shape index (κ3) is 6.86. The molecule has 0 aliphatic heterocycles. The molecule has 0 aromatic carbocycles. The molecule has 0 heterocycles. The average molecular weight is 242 g/mol. The SMILES string of the molecule is COCCCNC(=O)NC(=O)C(C#N)=NOC. The number of nitrogens with one attached hydrogen (secondary N) is 2. The molecule has 0 unspecified atom stereocenters. The highest BCUT2D eigenvalue weighted by atomic mass is 16.6. The largest absolute Gasteiger partial charge is 0.398 e. The molecule has 0 aliphatic rings. The minimum absolute atomic E-state index is 0.357. The van der Waals surface area contributed by atoms with Crippen molar-refractivity contribution in [1.82, 2.24) is 10.6 Å². The minimum atomic E-state index is -0.918. The van der Waals surface area contributed by atoms with Crippen LogP contribution in [0.4, 0.5) is 4.79 Å². The van der Waals surface area contributed by atoms with Gasteiger partial charge in [0.1, 0.15) is 13.2 Å². The monoisotopic (exact) mass is 242 g/mol. The standard InChI is InChI=1S/C9H14N4O4/c1-16-5-3-4-11-9(15)12-8(14)7(6-10)13-17-2/h3-5H2,1-2H3,(H2,11,12,14,15). The summed E-state index contributed by atoms with van der Waals surface area (Å²) in [6, 6.07) is 0.794. The van der Waals surface area contributed by atoms with Crippen LogP contribution in [0.15, 0.2) is 5.16 Å². The molecule has 0 saturated carbocycles. The summed E-state index contributed by atoms with van der Waals surface area (Å²) in [5.41, 5.74) is -0.528. The van der Waals surface area contributed by atoms with Crippen LogP contribution >= 0.6 is 0 Å².